The molecule has 0 bridgehead atoms. The molecule has 3 aliphatic rings. The van der Waals surface area contributed by atoms with E-state index in [1.807, 2.05) is 0 Å². The van der Waals surface area contributed by atoms with Crippen molar-refractivity contribution < 1.29 is 27.8 Å². The standard InChI is InChI=1S/C23H39F3O3/c1-3-4-5-14-21(2)15-28-23(27,29-16-21)20-12-8-18(9-13-20)17-6-10-19(11-7-17)22(24,25)26/h17-20,27H,3-16H2,1-2H3. The molecule has 0 amide bonds. The minimum absolute atomic E-state index is 0.0320. The van der Waals surface area contributed by atoms with Crippen molar-refractivity contribution >= 4 is 0 Å². The summed E-state index contributed by atoms with van der Waals surface area (Å²) in [7, 11) is 0. The normalized spacial score (nSPS) is 42.0. The fourth-order valence-electron chi connectivity index (χ4n) is 5.69. The molecule has 1 aliphatic heterocycles. The summed E-state index contributed by atoms with van der Waals surface area (Å²) < 4.78 is 50.5. The maximum atomic E-state index is 12.9. The molecular weight excluding hydrogens is 381 g/mol. The van der Waals surface area contributed by atoms with E-state index in [4.69, 9.17) is 9.47 Å². The fourth-order valence-corrected chi connectivity index (χ4v) is 5.69. The molecule has 6 heteroatoms. The van der Waals surface area contributed by atoms with Crippen LogP contribution in [-0.2, 0) is 9.47 Å². The van der Waals surface area contributed by atoms with Crippen molar-refractivity contribution in [2.45, 2.75) is 103 Å². The van der Waals surface area contributed by atoms with Crippen LogP contribution in [0, 0.1) is 29.1 Å². The molecule has 2 aliphatic carbocycles. The van der Waals surface area contributed by atoms with E-state index >= 15 is 0 Å². The minimum atomic E-state index is -4.04. The van der Waals surface area contributed by atoms with Crippen molar-refractivity contribution in [2.24, 2.45) is 29.1 Å². The number of alkyl halides is 3. The van der Waals surface area contributed by atoms with Crippen molar-refractivity contribution in [3.05, 3.63) is 0 Å². The van der Waals surface area contributed by atoms with Gasteiger partial charge in [0.2, 0.25) is 0 Å². The van der Waals surface area contributed by atoms with Gasteiger partial charge < -0.3 is 14.6 Å². The Balaban J connectivity index is 1.43. The topological polar surface area (TPSA) is 38.7 Å². The number of aliphatic hydroxyl groups is 1. The third-order valence-corrected chi connectivity index (χ3v) is 7.83. The van der Waals surface area contributed by atoms with Crippen LogP contribution in [0.2, 0.25) is 0 Å². The van der Waals surface area contributed by atoms with Gasteiger partial charge in [-0.1, -0.05) is 33.1 Å². The lowest BCUT2D eigenvalue weighted by Gasteiger charge is -2.47. The molecular formula is C23H39F3O3. The summed E-state index contributed by atoms with van der Waals surface area (Å²) in [5, 5.41) is 11.0. The highest BCUT2D eigenvalue weighted by Gasteiger charge is 2.48. The first kappa shape index (κ1) is 23.3. The largest absolute Gasteiger partial charge is 0.391 e. The number of unbranched alkanes of at least 4 members (excludes halogenated alkanes) is 2. The van der Waals surface area contributed by atoms with Crippen LogP contribution in [0.15, 0.2) is 0 Å². The molecule has 0 radical (unpaired) electrons. The van der Waals surface area contributed by atoms with Gasteiger partial charge in [-0.25, -0.2) is 0 Å². The molecule has 3 rings (SSSR count). The lowest BCUT2D eigenvalue weighted by atomic mass is 9.68. The van der Waals surface area contributed by atoms with E-state index in [2.05, 4.69) is 13.8 Å². The van der Waals surface area contributed by atoms with Crippen LogP contribution in [0.4, 0.5) is 13.2 Å². The highest BCUT2D eigenvalue weighted by Crippen LogP contribution is 2.48. The van der Waals surface area contributed by atoms with E-state index in [-0.39, 0.29) is 24.2 Å². The lowest BCUT2D eigenvalue weighted by molar-refractivity contribution is -0.427. The quantitative estimate of drug-likeness (QED) is 0.503. The van der Waals surface area contributed by atoms with E-state index in [1.54, 1.807) is 0 Å². The maximum Gasteiger partial charge on any atom is 0.391 e. The van der Waals surface area contributed by atoms with Gasteiger partial charge in [-0.15, -0.1) is 0 Å². The third-order valence-electron chi connectivity index (χ3n) is 7.83. The van der Waals surface area contributed by atoms with Crippen molar-refractivity contribution in [3.63, 3.8) is 0 Å². The van der Waals surface area contributed by atoms with Gasteiger partial charge in [-0.2, -0.15) is 13.2 Å². The zero-order valence-electron chi connectivity index (χ0n) is 18.1. The molecule has 1 heterocycles. The summed E-state index contributed by atoms with van der Waals surface area (Å²) in [5.41, 5.74) is -0.0320. The summed E-state index contributed by atoms with van der Waals surface area (Å²) in [6.07, 6.45) is 6.04. The smallest absolute Gasteiger partial charge is 0.343 e. The average molecular weight is 421 g/mol. The average Bonchev–Trinajstić information content (AvgIpc) is 2.70. The Bertz CT molecular complexity index is 498. The van der Waals surface area contributed by atoms with Crippen molar-refractivity contribution in [1.82, 2.24) is 0 Å². The first-order valence-corrected chi connectivity index (χ1v) is 11.7. The molecule has 0 unspecified atom stereocenters. The Labute approximate surface area is 173 Å². The summed E-state index contributed by atoms with van der Waals surface area (Å²) in [4.78, 5) is 0. The van der Waals surface area contributed by atoms with Gasteiger partial charge in [-0.05, 0) is 69.6 Å². The summed E-state index contributed by atoms with van der Waals surface area (Å²) >= 11 is 0. The SMILES string of the molecule is CCCCCC1(C)COC(O)(C2CCC(C3CCC(C(F)(F)F)CC3)CC2)OC1. The Morgan fingerprint density at radius 2 is 1.38 bits per heavy atom. The molecule has 0 atom stereocenters. The molecule has 29 heavy (non-hydrogen) atoms. The second kappa shape index (κ2) is 9.44. The van der Waals surface area contributed by atoms with E-state index in [1.165, 1.54) is 12.8 Å². The van der Waals surface area contributed by atoms with Gasteiger partial charge in [-0.3, -0.25) is 0 Å². The van der Waals surface area contributed by atoms with E-state index in [9.17, 15) is 18.3 Å². The summed E-state index contributed by atoms with van der Waals surface area (Å²) in [6.45, 7) is 5.40. The summed E-state index contributed by atoms with van der Waals surface area (Å²) in [6, 6.07) is 0. The molecule has 170 valence electrons. The van der Waals surface area contributed by atoms with Crippen LogP contribution < -0.4 is 0 Å². The van der Waals surface area contributed by atoms with Crippen LogP contribution in [0.5, 0.6) is 0 Å². The van der Waals surface area contributed by atoms with Crippen LogP contribution in [-0.4, -0.2) is 30.5 Å². The molecule has 1 N–H and O–H groups in total. The molecule has 0 aromatic carbocycles. The molecule has 0 spiro atoms. The Morgan fingerprint density at radius 3 is 1.86 bits per heavy atom. The van der Waals surface area contributed by atoms with E-state index < -0.39 is 18.1 Å². The summed E-state index contributed by atoms with van der Waals surface area (Å²) in [5.74, 6) is -1.74. The lowest BCUT2D eigenvalue weighted by Crippen LogP contribution is -2.53. The monoisotopic (exact) mass is 420 g/mol. The predicted molar refractivity (Wildman–Crippen MR) is 106 cm³/mol. The first-order chi connectivity index (χ1) is 13.7. The van der Waals surface area contributed by atoms with Gasteiger partial charge in [0.1, 0.15) is 0 Å². The van der Waals surface area contributed by atoms with Gasteiger partial charge in [0.25, 0.3) is 5.97 Å². The predicted octanol–water partition coefficient (Wildman–Crippen LogP) is 6.44. The van der Waals surface area contributed by atoms with E-state index in [0.29, 0.717) is 37.9 Å². The van der Waals surface area contributed by atoms with Crippen molar-refractivity contribution in [1.29, 1.82) is 0 Å². The van der Waals surface area contributed by atoms with Gasteiger partial charge in [0.15, 0.2) is 0 Å². The number of hydrogen-bond acceptors (Lipinski definition) is 3. The van der Waals surface area contributed by atoms with Crippen molar-refractivity contribution in [2.75, 3.05) is 13.2 Å². The first-order valence-electron chi connectivity index (χ1n) is 11.7. The van der Waals surface area contributed by atoms with Crippen molar-refractivity contribution in [3.8, 4) is 0 Å². The maximum absolute atomic E-state index is 12.9. The molecule has 2 saturated carbocycles. The molecule has 0 aromatic rings. The zero-order chi connectivity index (χ0) is 21.1. The van der Waals surface area contributed by atoms with Gasteiger partial charge in [0, 0.05) is 11.3 Å². The number of halogens is 3. The number of rotatable bonds is 6. The second-order valence-electron chi connectivity index (χ2n) is 10.2. The number of ether oxygens (including phenoxy) is 2. The van der Waals surface area contributed by atoms with Crippen LogP contribution >= 0.6 is 0 Å². The Morgan fingerprint density at radius 1 is 0.862 bits per heavy atom. The van der Waals surface area contributed by atoms with Gasteiger partial charge in [0.05, 0.1) is 19.1 Å². The molecule has 1 saturated heterocycles. The second-order valence-corrected chi connectivity index (χ2v) is 10.2. The zero-order valence-corrected chi connectivity index (χ0v) is 18.1. The van der Waals surface area contributed by atoms with E-state index in [0.717, 1.165) is 38.5 Å². The fraction of sp³-hybridized carbons (Fsp3) is 1.00. The highest BCUT2D eigenvalue weighted by atomic mass is 19.4. The molecule has 3 nitrogen and oxygen atoms in total. The van der Waals surface area contributed by atoms with Crippen LogP contribution in [0.3, 0.4) is 0 Å². The third kappa shape index (κ3) is 5.88. The van der Waals surface area contributed by atoms with Crippen LogP contribution in [0.25, 0.3) is 0 Å². The molecule has 3 fully saturated rings. The molecule has 0 aromatic heterocycles. The Kier molecular flexibility index (Phi) is 7.59. The minimum Gasteiger partial charge on any atom is -0.343 e. The van der Waals surface area contributed by atoms with Crippen LogP contribution in [0.1, 0.15) is 90.9 Å². The van der Waals surface area contributed by atoms with Gasteiger partial charge >= 0.3 is 6.18 Å². The Hall–Kier alpha value is -0.330. The highest BCUT2D eigenvalue weighted by molar-refractivity contribution is 4.88. The number of hydrogen-bond donors (Lipinski definition) is 1.